The molecule has 0 saturated heterocycles. The second kappa shape index (κ2) is 5.78. The van der Waals surface area contributed by atoms with E-state index in [1.54, 1.807) is 0 Å². The van der Waals surface area contributed by atoms with Gasteiger partial charge < -0.3 is 10.6 Å². The van der Waals surface area contributed by atoms with Crippen LogP contribution in [-0.2, 0) is 13.0 Å². The molecule has 3 nitrogen and oxygen atoms in total. The Labute approximate surface area is 119 Å². The number of guanidine groups is 1. The number of fused-ring (bicyclic) bond motifs is 1. The summed E-state index contributed by atoms with van der Waals surface area (Å²) in [6.07, 6.45) is 2.23. The molecule has 0 aliphatic carbocycles. The van der Waals surface area contributed by atoms with Gasteiger partial charge in [-0.15, -0.1) is 0 Å². The van der Waals surface area contributed by atoms with Crippen molar-refractivity contribution in [3.05, 3.63) is 65.7 Å². The summed E-state index contributed by atoms with van der Waals surface area (Å²) in [6, 6.07) is 18.5. The summed E-state index contributed by atoms with van der Waals surface area (Å²) in [5.74, 6) is 0.605. The fourth-order valence-corrected chi connectivity index (χ4v) is 2.60. The average molecular weight is 265 g/mol. The standard InChI is InChI=1S/C17H19N3/c18-17(19-16-10-2-1-3-11-16)20-12-6-9-14-7-4-5-8-15(14)13-20/h1-5,7-8,10-11H,6,9,12-13H2,(H2,18,19). The number of rotatable bonds is 1. The van der Waals surface area contributed by atoms with Gasteiger partial charge in [-0.2, -0.15) is 0 Å². The minimum Gasteiger partial charge on any atom is -0.369 e. The Hall–Kier alpha value is -2.29. The van der Waals surface area contributed by atoms with E-state index in [4.69, 9.17) is 5.73 Å². The molecule has 0 unspecified atom stereocenters. The lowest BCUT2D eigenvalue weighted by Crippen LogP contribution is -2.36. The third kappa shape index (κ3) is 2.82. The molecule has 0 aromatic heterocycles. The monoisotopic (exact) mass is 265 g/mol. The number of nitrogens with two attached hydrogens (primary N) is 1. The molecule has 102 valence electrons. The first-order valence-electron chi connectivity index (χ1n) is 7.04. The van der Waals surface area contributed by atoms with Gasteiger partial charge in [-0.3, -0.25) is 0 Å². The fourth-order valence-electron chi connectivity index (χ4n) is 2.60. The van der Waals surface area contributed by atoms with E-state index in [0.717, 1.165) is 31.6 Å². The third-order valence-electron chi connectivity index (χ3n) is 3.68. The number of hydrogen-bond donors (Lipinski definition) is 1. The quantitative estimate of drug-likeness (QED) is 0.636. The summed E-state index contributed by atoms with van der Waals surface area (Å²) in [4.78, 5) is 6.68. The lowest BCUT2D eigenvalue weighted by molar-refractivity contribution is 0.413. The molecule has 0 bridgehead atoms. The van der Waals surface area contributed by atoms with Gasteiger partial charge in [0.2, 0.25) is 0 Å². The Bertz CT molecular complexity index is 605. The van der Waals surface area contributed by atoms with E-state index in [1.165, 1.54) is 11.1 Å². The first-order valence-corrected chi connectivity index (χ1v) is 7.04. The van der Waals surface area contributed by atoms with Gasteiger partial charge in [0.15, 0.2) is 5.96 Å². The molecular formula is C17H19N3. The van der Waals surface area contributed by atoms with E-state index in [1.807, 2.05) is 30.3 Å². The SMILES string of the molecule is NC(=Nc1ccccc1)N1CCCc2ccccc2C1. The van der Waals surface area contributed by atoms with E-state index in [0.29, 0.717) is 5.96 Å². The summed E-state index contributed by atoms with van der Waals surface area (Å²) in [5, 5.41) is 0. The Kier molecular flexibility index (Phi) is 3.68. The van der Waals surface area contributed by atoms with Gasteiger partial charge in [0, 0.05) is 13.1 Å². The molecule has 1 heterocycles. The molecule has 3 rings (SSSR count). The first-order chi connectivity index (χ1) is 9.83. The van der Waals surface area contributed by atoms with Crippen molar-refractivity contribution < 1.29 is 0 Å². The van der Waals surface area contributed by atoms with Crippen molar-refractivity contribution in [3.8, 4) is 0 Å². The maximum Gasteiger partial charge on any atom is 0.196 e. The van der Waals surface area contributed by atoms with E-state index in [-0.39, 0.29) is 0 Å². The second-order valence-electron chi connectivity index (χ2n) is 5.10. The molecule has 2 N–H and O–H groups in total. The maximum atomic E-state index is 6.18. The highest BCUT2D eigenvalue weighted by molar-refractivity contribution is 5.81. The Morgan fingerprint density at radius 2 is 1.65 bits per heavy atom. The predicted molar refractivity (Wildman–Crippen MR) is 82.9 cm³/mol. The van der Waals surface area contributed by atoms with Crippen LogP contribution in [0.5, 0.6) is 0 Å². The first kappa shape index (κ1) is 12.7. The largest absolute Gasteiger partial charge is 0.369 e. The van der Waals surface area contributed by atoms with Gasteiger partial charge in [0.1, 0.15) is 0 Å². The van der Waals surface area contributed by atoms with Crippen LogP contribution in [0, 0.1) is 0 Å². The topological polar surface area (TPSA) is 41.6 Å². The van der Waals surface area contributed by atoms with Crippen molar-refractivity contribution in [2.24, 2.45) is 10.7 Å². The molecule has 0 atom stereocenters. The van der Waals surface area contributed by atoms with Crippen LogP contribution in [0.25, 0.3) is 0 Å². The molecule has 1 aliphatic rings. The van der Waals surface area contributed by atoms with Gasteiger partial charge in [0.25, 0.3) is 0 Å². The van der Waals surface area contributed by atoms with Crippen LogP contribution in [0.2, 0.25) is 0 Å². The smallest absolute Gasteiger partial charge is 0.196 e. The summed E-state index contributed by atoms with van der Waals surface area (Å²) < 4.78 is 0. The van der Waals surface area contributed by atoms with Crippen molar-refractivity contribution in [2.45, 2.75) is 19.4 Å². The number of nitrogens with zero attached hydrogens (tertiary/aromatic N) is 2. The summed E-state index contributed by atoms with van der Waals surface area (Å²) in [6.45, 7) is 1.80. The van der Waals surface area contributed by atoms with Crippen LogP contribution >= 0.6 is 0 Å². The Morgan fingerprint density at radius 1 is 0.950 bits per heavy atom. The van der Waals surface area contributed by atoms with E-state index >= 15 is 0 Å². The number of para-hydroxylation sites is 1. The number of hydrogen-bond acceptors (Lipinski definition) is 1. The molecule has 0 fully saturated rings. The zero-order chi connectivity index (χ0) is 13.8. The minimum atomic E-state index is 0.605. The minimum absolute atomic E-state index is 0.605. The molecule has 20 heavy (non-hydrogen) atoms. The molecule has 0 amide bonds. The lowest BCUT2D eigenvalue weighted by Gasteiger charge is -2.21. The lowest BCUT2D eigenvalue weighted by atomic mass is 10.0. The highest BCUT2D eigenvalue weighted by Crippen LogP contribution is 2.19. The zero-order valence-corrected chi connectivity index (χ0v) is 11.5. The Morgan fingerprint density at radius 3 is 2.45 bits per heavy atom. The van der Waals surface area contributed by atoms with Crippen molar-refractivity contribution in [1.82, 2.24) is 4.90 Å². The number of aliphatic imine (C=N–C) groups is 1. The molecule has 2 aromatic carbocycles. The maximum absolute atomic E-state index is 6.18. The molecule has 0 radical (unpaired) electrons. The van der Waals surface area contributed by atoms with Crippen LogP contribution < -0.4 is 5.73 Å². The fraction of sp³-hybridized carbons (Fsp3) is 0.235. The Balaban J connectivity index is 1.82. The number of aryl methyl sites for hydroxylation is 1. The molecule has 1 aliphatic heterocycles. The van der Waals surface area contributed by atoms with E-state index in [9.17, 15) is 0 Å². The zero-order valence-electron chi connectivity index (χ0n) is 11.5. The van der Waals surface area contributed by atoms with Crippen LogP contribution in [0.1, 0.15) is 17.5 Å². The van der Waals surface area contributed by atoms with Crippen molar-refractivity contribution >= 4 is 11.6 Å². The van der Waals surface area contributed by atoms with E-state index in [2.05, 4.69) is 34.2 Å². The van der Waals surface area contributed by atoms with Crippen LogP contribution in [0.4, 0.5) is 5.69 Å². The molecular weight excluding hydrogens is 246 g/mol. The molecule has 0 spiro atoms. The van der Waals surface area contributed by atoms with Crippen LogP contribution in [0.15, 0.2) is 59.6 Å². The normalized spacial score (nSPS) is 15.6. The summed E-state index contributed by atoms with van der Waals surface area (Å²) in [7, 11) is 0. The summed E-state index contributed by atoms with van der Waals surface area (Å²) in [5.41, 5.74) is 9.88. The molecule has 3 heteroatoms. The third-order valence-corrected chi connectivity index (χ3v) is 3.68. The van der Waals surface area contributed by atoms with E-state index < -0.39 is 0 Å². The second-order valence-corrected chi connectivity index (χ2v) is 5.10. The highest BCUT2D eigenvalue weighted by Gasteiger charge is 2.15. The van der Waals surface area contributed by atoms with Gasteiger partial charge >= 0.3 is 0 Å². The molecule has 0 saturated carbocycles. The average Bonchev–Trinajstić information content (AvgIpc) is 2.70. The summed E-state index contributed by atoms with van der Waals surface area (Å²) >= 11 is 0. The molecule has 2 aromatic rings. The predicted octanol–water partition coefficient (Wildman–Crippen LogP) is 3.08. The van der Waals surface area contributed by atoms with Gasteiger partial charge in [0.05, 0.1) is 5.69 Å². The van der Waals surface area contributed by atoms with Gasteiger partial charge in [-0.05, 0) is 36.1 Å². The van der Waals surface area contributed by atoms with Crippen LogP contribution in [-0.4, -0.2) is 17.4 Å². The van der Waals surface area contributed by atoms with Gasteiger partial charge in [-0.25, -0.2) is 4.99 Å². The van der Waals surface area contributed by atoms with Gasteiger partial charge in [-0.1, -0.05) is 42.5 Å². The van der Waals surface area contributed by atoms with Crippen molar-refractivity contribution in [1.29, 1.82) is 0 Å². The van der Waals surface area contributed by atoms with Crippen molar-refractivity contribution in [3.63, 3.8) is 0 Å². The highest BCUT2D eigenvalue weighted by atomic mass is 15.2. The van der Waals surface area contributed by atoms with Crippen LogP contribution in [0.3, 0.4) is 0 Å². The number of benzene rings is 2. The van der Waals surface area contributed by atoms with Crippen molar-refractivity contribution in [2.75, 3.05) is 6.54 Å².